The van der Waals surface area contributed by atoms with Crippen LogP contribution in [0.2, 0.25) is 0 Å². The second kappa shape index (κ2) is 3.34. The highest BCUT2D eigenvalue weighted by Gasteiger charge is 2.06. The molecule has 0 aliphatic rings. The van der Waals surface area contributed by atoms with Gasteiger partial charge >= 0.3 is 0 Å². The standard InChI is InChI=1S/C12H9N3O/c16-12-10-9(6-7-13-12)14-11(15-10)8-4-2-1-3-5-8/h1-7H,(H,13,16)(H,14,15). The molecule has 3 rings (SSSR count). The van der Waals surface area contributed by atoms with Gasteiger partial charge in [-0.1, -0.05) is 30.3 Å². The molecule has 16 heavy (non-hydrogen) atoms. The third-order valence-electron chi connectivity index (χ3n) is 2.46. The number of fused-ring (bicyclic) bond motifs is 1. The Hall–Kier alpha value is -2.36. The van der Waals surface area contributed by atoms with Crippen LogP contribution in [0.1, 0.15) is 0 Å². The van der Waals surface area contributed by atoms with Crippen molar-refractivity contribution in [2.24, 2.45) is 0 Å². The molecule has 4 nitrogen and oxygen atoms in total. The summed E-state index contributed by atoms with van der Waals surface area (Å²) >= 11 is 0. The number of nitrogens with one attached hydrogen (secondary N) is 2. The van der Waals surface area contributed by atoms with Gasteiger partial charge in [-0.3, -0.25) is 4.79 Å². The van der Waals surface area contributed by atoms with Crippen LogP contribution < -0.4 is 5.56 Å². The monoisotopic (exact) mass is 211 g/mol. The van der Waals surface area contributed by atoms with E-state index in [-0.39, 0.29) is 5.56 Å². The number of H-pyrrole nitrogens is 2. The Kier molecular flexibility index (Phi) is 1.86. The predicted octanol–water partition coefficient (Wildman–Crippen LogP) is 1.92. The van der Waals surface area contributed by atoms with Crippen molar-refractivity contribution in [3.63, 3.8) is 0 Å². The smallest absolute Gasteiger partial charge is 0.276 e. The molecule has 0 saturated carbocycles. The quantitative estimate of drug-likeness (QED) is 0.646. The highest BCUT2D eigenvalue weighted by molar-refractivity contribution is 5.78. The Morgan fingerprint density at radius 1 is 1.06 bits per heavy atom. The van der Waals surface area contributed by atoms with E-state index in [9.17, 15) is 4.79 Å². The molecule has 2 aromatic heterocycles. The van der Waals surface area contributed by atoms with E-state index in [2.05, 4.69) is 15.0 Å². The number of hydrogen-bond donors (Lipinski definition) is 2. The van der Waals surface area contributed by atoms with Crippen LogP contribution in [0.15, 0.2) is 47.4 Å². The Bertz CT molecular complexity index is 682. The van der Waals surface area contributed by atoms with E-state index < -0.39 is 0 Å². The zero-order chi connectivity index (χ0) is 11.0. The van der Waals surface area contributed by atoms with Gasteiger partial charge in [0, 0.05) is 11.8 Å². The van der Waals surface area contributed by atoms with Crippen molar-refractivity contribution < 1.29 is 0 Å². The maximum absolute atomic E-state index is 11.5. The lowest BCUT2D eigenvalue weighted by atomic mass is 10.2. The number of hydrogen-bond acceptors (Lipinski definition) is 2. The highest BCUT2D eigenvalue weighted by Crippen LogP contribution is 2.17. The van der Waals surface area contributed by atoms with E-state index >= 15 is 0 Å². The molecule has 0 fully saturated rings. The summed E-state index contributed by atoms with van der Waals surface area (Å²) in [5.41, 5.74) is 2.00. The van der Waals surface area contributed by atoms with Gasteiger partial charge in [-0.15, -0.1) is 0 Å². The van der Waals surface area contributed by atoms with Crippen molar-refractivity contribution in [1.29, 1.82) is 0 Å². The van der Waals surface area contributed by atoms with Gasteiger partial charge in [-0.25, -0.2) is 4.98 Å². The van der Waals surface area contributed by atoms with Crippen LogP contribution >= 0.6 is 0 Å². The van der Waals surface area contributed by atoms with E-state index in [0.717, 1.165) is 11.1 Å². The zero-order valence-corrected chi connectivity index (χ0v) is 8.40. The Labute approximate surface area is 91.0 Å². The molecule has 2 heterocycles. The third-order valence-corrected chi connectivity index (χ3v) is 2.46. The van der Waals surface area contributed by atoms with Gasteiger partial charge in [0.05, 0.1) is 5.52 Å². The summed E-state index contributed by atoms with van der Waals surface area (Å²) < 4.78 is 0. The number of aromatic nitrogens is 3. The van der Waals surface area contributed by atoms with Crippen LogP contribution in [0.3, 0.4) is 0 Å². The van der Waals surface area contributed by atoms with Crippen LogP contribution in [0.4, 0.5) is 0 Å². The fourth-order valence-electron chi connectivity index (χ4n) is 1.68. The molecule has 1 aromatic carbocycles. The lowest BCUT2D eigenvalue weighted by molar-refractivity contribution is 1.26. The molecule has 0 spiro atoms. The van der Waals surface area contributed by atoms with E-state index in [0.29, 0.717) is 11.3 Å². The first kappa shape index (κ1) is 8.91. The summed E-state index contributed by atoms with van der Waals surface area (Å²) in [5, 5.41) is 0. The first-order chi connectivity index (χ1) is 7.84. The average molecular weight is 211 g/mol. The Morgan fingerprint density at radius 2 is 1.88 bits per heavy atom. The normalized spacial score (nSPS) is 10.8. The maximum atomic E-state index is 11.5. The Balaban J connectivity index is 2.28. The summed E-state index contributed by atoms with van der Waals surface area (Å²) in [7, 11) is 0. The molecule has 0 saturated heterocycles. The van der Waals surface area contributed by atoms with Crippen LogP contribution in [0.5, 0.6) is 0 Å². The lowest BCUT2D eigenvalue weighted by Gasteiger charge is -1.93. The molecular formula is C12H9N3O. The summed E-state index contributed by atoms with van der Waals surface area (Å²) in [4.78, 5) is 21.5. The fourth-order valence-corrected chi connectivity index (χ4v) is 1.68. The van der Waals surface area contributed by atoms with Gasteiger partial charge in [0.1, 0.15) is 5.82 Å². The average Bonchev–Trinajstić information content (AvgIpc) is 2.76. The van der Waals surface area contributed by atoms with E-state index in [4.69, 9.17) is 0 Å². The topological polar surface area (TPSA) is 61.5 Å². The number of rotatable bonds is 1. The molecule has 3 aromatic rings. The SMILES string of the molecule is O=c1[nH]ccc2[nH]c(-c3ccccc3)nc12. The second-order valence-corrected chi connectivity index (χ2v) is 3.52. The van der Waals surface area contributed by atoms with Crippen molar-refractivity contribution in [2.45, 2.75) is 0 Å². The molecule has 0 radical (unpaired) electrons. The lowest BCUT2D eigenvalue weighted by Crippen LogP contribution is -2.03. The van der Waals surface area contributed by atoms with Gasteiger partial charge in [-0.05, 0) is 6.07 Å². The van der Waals surface area contributed by atoms with Crippen LogP contribution in [-0.4, -0.2) is 15.0 Å². The molecule has 0 atom stereocenters. The molecule has 0 amide bonds. The second-order valence-electron chi connectivity index (χ2n) is 3.52. The van der Waals surface area contributed by atoms with Crippen LogP contribution in [0.25, 0.3) is 22.4 Å². The zero-order valence-electron chi connectivity index (χ0n) is 8.40. The van der Waals surface area contributed by atoms with Gasteiger partial charge in [0.2, 0.25) is 0 Å². The summed E-state index contributed by atoms with van der Waals surface area (Å²) in [6, 6.07) is 11.5. The van der Waals surface area contributed by atoms with Crippen molar-refractivity contribution in [3.8, 4) is 11.4 Å². The number of imidazole rings is 1. The minimum absolute atomic E-state index is 0.170. The molecular weight excluding hydrogens is 202 g/mol. The molecule has 0 aliphatic carbocycles. The highest BCUT2D eigenvalue weighted by atomic mass is 16.1. The van der Waals surface area contributed by atoms with Crippen LogP contribution in [-0.2, 0) is 0 Å². The molecule has 0 aliphatic heterocycles. The minimum atomic E-state index is -0.170. The van der Waals surface area contributed by atoms with Crippen molar-refractivity contribution in [2.75, 3.05) is 0 Å². The van der Waals surface area contributed by atoms with Crippen molar-refractivity contribution in [1.82, 2.24) is 15.0 Å². The summed E-state index contributed by atoms with van der Waals surface area (Å²) in [6.07, 6.45) is 1.61. The van der Waals surface area contributed by atoms with Gasteiger partial charge < -0.3 is 9.97 Å². The number of aromatic amines is 2. The molecule has 2 N–H and O–H groups in total. The molecule has 0 bridgehead atoms. The van der Waals surface area contributed by atoms with Crippen molar-refractivity contribution >= 4 is 11.0 Å². The predicted molar refractivity (Wildman–Crippen MR) is 62.2 cm³/mol. The van der Waals surface area contributed by atoms with E-state index in [1.54, 1.807) is 12.3 Å². The first-order valence-electron chi connectivity index (χ1n) is 4.97. The van der Waals surface area contributed by atoms with Crippen molar-refractivity contribution in [3.05, 3.63) is 52.9 Å². The molecule has 78 valence electrons. The number of pyridine rings is 1. The van der Waals surface area contributed by atoms with Crippen LogP contribution in [0, 0.1) is 0 Å². The summed E-state index contributed by atoms with van der Waals surface area (Å²) in [6.45, 7) is 0. The minimum Gasteiger partial charge on any atom is -0.338 e. The number of benzene rings is 1. The van der Waals surface area contributed by atoms with E-state index in [1.807, 2.05) is 30.3 Å². The largest absolute Gasteiger partial charge is 0.338 e. The van der Waals surface area contributed by atoms with Gasteiger partial charge in [-0.2, -0.15) is 0 Å². The molecule has 4 heteroatoms. The third kappa shape index (κ3) is 1.32. The summed E-state index contributed by atoms with van der Waals surface area (Å²) in [5.74, 6) is 0.715. The first-order valence-corrected chi connectivity index (χ1v) is 4.97. The number of nitrogens with zero attached hydrogens (tertiary/aromatic N) is 1. The fraction of sp³-hybridized carbons (Fsp3) is 0. The van der Waals surface area contributed by atoms with Gasteiger partial charge in [0.25, 0.3) is 5.56 Å². The molecule has 0 unspecified atom stereocenters. The van der Waals surface area contributed by atoms with E-state index in [1.165, 1.54) is 0 Å². The van der Waals surface area contributed by atoms with Gasteiger partial charge in [0.15, 0.2) is 5.52 Å². The Morgan fingerprint density at radius 3 is 2.62 bits per heavy atom. The maximum Gasteiger partial charge on any atom is 0.276 e.